The van der Waals surface area contributed by atoms with Gasteiger partial charge < -0.3 is 34.2 Å². The number of rotatable bonds is 29. The monoisotopic (exact) mass is 846 g/mol. The maximum atomic E-state index is 14.4. The average molecular weight is 846 g/mol. The number of likely N-dealkylation sites (tertiary alicyclic amines) is 1. The zero-order valence-corrected chi connectivity index (χ0v) is 38.8. The van der Waals surface area contributed by atoms with E-state index in [0.29, 0.717) is 26.0 Å². The van der Waals surface area contributed by atoms with Gasteiger partial charge in [0.15, 0.2) is 5.78 Å². The number of ether oxygens (including phenoxy) is 3. The number of Topliss-reactive ketones (excluding diaryl/α,β-unsaturated/α-hetero) is 2. The highest BCUT2D eigenvalue weighted by molar-refractivity contribution is 5.90. The largest absolute Gasteiger partial charge is 0.379 e. The van der Waals surface area contributed by atoms with E-state index in [1.165, 1.54) is 0 Å². The lowest BCUT2D eigenvalue weighted by Gasteiger charge is -2.41. The highest BCUT2D eigenvalue weighted by atomic mass is 16.6. The van der Waals surface area contributed by atoms with Crippen LogP contribution in [0, 0.1) is 35.5 Å². The third kappa shape index (κ3) is 15.6. The number of ketones is 2. The fourth-order valence-corrected chi connectivity index (χ4v) is 8.99. The van der Waals surface area contributed by atoms with E-state index in [1.807, 2.05) is 88.8 Å². The van der Waals surface area contributed by atoms with Crippen LogP contribution in [0.1, 0.15) is 92.6 Å². The second kappa shape index (κ2) is 26.9. The first-order valence-corrected chi connectivity index (χ1v) is 22.0. The molecule has 14 heteroatoms. The first-order chi connectivity index (χ1) is 28.4. The van der Waals surface area contributed by atoms with E-state index in [9.17, 15) is 24.0 Å². The molecule has 0 unspecified atom stereocenters. The summed E-state index contributed by atoms with van der Waals surface area (Å²) in [5.41, 5.74) is 0.943. The van der Waals surface area contributed by atoms with Gasteiger partial charge in [-0.2, -0.15) is 0 Å². The molecule has 2 rings (SSSR count). The molecule has 1 heterocycles. The van der Waals surface area contributed by atoms with Crippen molar-refractivity contribution in [2.45, 2.75) is 124 Å². The number of hydrogen-bond donors (Lipinski definition) is 2. The van der Waals surface area contributed by atoms with Gasteiger partial charge in [0.2, 0.25) is 17.7 Å². The number of carbonyl (C=O) groups excluding carboxylic acids is 5. The molecule has 1 aliphatic rings. The maximum Gasteiger partial charge on any atom is 0.226 e. The number of methoxy groups -OCH3 is 2. The van der Waals surface area contributed by atoms with Crippen LogP contribution >= 0.6 is 0 Å². The smallest absolute Gasteiger partial charge is 0.226 e. The van der Waals surface area contributed by atoms with Crippen molar-refractivity contribution in [1.82, 2.24) is 20.0 Å². The van der Waals surface area contributed by atoms with Gasteiger partial charge in [-0.3, -0.25) is 28.9 Å². The number of benzene rings is 1. The molecule has 0 spiro atoms. The lowest BCUT2D eigenvalue weighted by Crippen LogP contribution is -2.54. The van der Waals surface area contributed by atoms with Gasteiger partial charge in [-0.25, -0.2) is 5.90 Å². The van der Waals surface area contributed by atoms with E-state index < -0.39 is 36.0 Å². The average Bonchev–Trinajstić information content (AvgIpc) is 3.70. The Bertz CT molecular complexity index is 1450. The topological polar surface area (TPSA) is 170 Å². The Hall–Kier alpha value is -3.27. The Morgan fingerprint density at radius 2 is 1.53 bits per heavy atom. The summed E-state index contributed by atoms with van der Waals surface area (Å²) in [7, 11) is 8.70. The van der Waals surface area contributed by atoms with Crippen molar-refractivity contribution in [2.24, 2.45) is 41.4 Å². The van der Waals surface area contributed by atoms with Gasteiger partial charge in [0.1, 0.15) is 5.78 Å². The van der Waals surface area contributed by atoms with E-state index in [-0.39, 0.29) is 98.1 Å². The van der Waals surface area contributed by atoms with E-state index >= 15 is 0 Å². The van der Waals surface area contributed by atoms with Gasteiger partial charge >= 0.3 is 0 Å². The van der Waals surface area contributed by atoms with Crippen molar-refractivity contribution in [3.63, 3.8) is 0 Å². The van der Waals surface area contributed by atoms with Gasteiger partial charge in [-0.15, -0.1) is 0 Å². The summed E-state index contributed by atoms with van der Waals surface area (Å²) in [5.74, 6) is 2.72. The van der Waals surface area contributed by atoms with E-state index in [4.69, 9.17) is 20.1 Å². The molecule has 60 heavy (non-hydrogen) atoms. The molecule has 1 aliphatic heterocycles. The number of nitrogens with one attached hydrogen (secondary N) is 1. The van der Waals surface area contributed by atoms with E-state index in [1.54, 1.807) is 26.2 Å². The van der Waals surface area contributed by atoms with Gasteiger partial charge in [0, 0.05) is 65.0 Å². The number of amides is 3. The Morgan fingerprint density at radius 3 is 2.08 bits per heavy atom. The zero-order chi connectivity index (χ0) is 45.1. The first-order valence-electron chi connectivity index (χ1n) is 22.0. The molecule has 3 N–H and O–H groups in total. The molecule has 0 radical (unpaired) electrons. The van der Waals surface area contributed by atoms with Crippen molar-refractivity contribution < 1.29 is 43.0 Å². The lowest BCUT2D eigenvalue weighted by molar-refractivity contribution is -0.149. The molecule has 1 fully saturated rings. The minimum atomic E-state index is -0.619. The van der Waals surface area contributed by atoms with Gasteiger partial charge in [0.25, 0.3) is 0 Å². The van der Waals surface area contributed by atoms with Crippen molar-refractivity contribution in [1.29, 1.82) is 0 Å². The quantitative estimate of drug-likeness (QED) is 0.0857. The summed E-state index contributed by atoms with van der Waals surface area (Å²) in [4.78, 5) is 79.8. The second-order valence-corrected chi connectivity index (χ2v) is 17.6. The van der Waals surface area contributed by atoms with Crippen LogP contribution in [0.2, 0.25) is 0 Å². The molecule has 14 nitrogen and oxygen atoms in total. The molecular weight excluding hydrogens is 767 g/mol. The summed E-state index contributed by atoms with van der Waals surface area (Å²) < 4.78 is 17.5. The third-order valence-corrected chi connectivity index (χ3v) is 12.4. The number of carbonyl (C=O) groups is 5. The normalized spacial score (nSPS) is 18.5. The summed E-state index contributed by atoms with van der Waals surface area (Å²) in [5, 5.41) is 2.91. The van der Waals surface area contributed by atoms with Crippen LogP contribution in [0.3, 0.4) is 0 Å². The van der Waals surface area contributed by atoms with Crippen LogP contribution in [0.15, 0.2) is 30.3 Å². The van der Waals surface area contributed by atoms with Gasteiger partial charge in [-0.1, -0.05) is 85.2 Å². The molecule has 342 valence electrons. The van der Waals surface area contributed by atoms with Crippen LogP contribution in [0.4, 0.5) is 0 Å². The minimum Gasteiger partial charge on any atom is -0.379 e. The highest BCUT2D eigenvalue weighted by Crippen LogP contribution is 2.32. The Kier molecular flexibility index (Phi) is 23.7. The number of hydrogen-bond acceptors (Lipinski definition) is 11. The second-order valence-electron chi connectivity index (χ2n) is 17.6. The SMILES string of the molecule is CC[C@H](C)[C@@H]([C@@H](CC(=O)N1CCC[C@H]1[C@H](OC)[C@@H](C)C(=O)C[C@@H](Cc1ccccc1)C(=O)NCCOCCON)OC)N(C)C(=O)[C@@H](CC(=O)[C@H](C(C)C)N(C)C)C(C)C. The van der Waals surface area contributed by atoms with Crippen molar-refractivity contribution in [2.75, 3.05) is 68.3 Å². The zero-order valence-electron chi connectivity index (χ0n) is 38.8. The fourth-order valence-electron chi connectivity index (χ4n) is 8.99. The number of nitrogens with zero attached hydrogens (tertiary/aromatic N) is 3. The van der Waals surface area contributed by atoms with E-state index in [2.05, 4.69) is 24.0 Å². The van der Waals surface area contributed by atoms with Crippen LogP contribution in [0.25, 0.3) is 0 Å². The van der Waals surface area contributed by atoms with Crippen LogP contribution in [-0.2, 0) is 49.4 Å². The molecule has 3 amide bonds. The van der Waals surface area contributed by atoms with Crippen molar-refractivity contribution in [3.05, 3.63) is 35.9 Å². The number of likely N-dealkylation sites (N-methyl/N-ethyl adjacent to an activating group) is 2. The molecule has 0 bridgehead atoms. The Labute approximate surface area is 360 Å². The maximum absolute atomic E-state index is 14.4. The molecule has 1 aromatic carbocycles. The van der Waals surface area contributed by atoms with Crippen LogP contribution in [0.5, 0.6) is 0 Å². The molecule has 1 saturated heterocycles. The lowest BCUT2D eigenvalue weighted by atomic mass is 9.83. The van der Waals surface area contributed by atoms with Crippen molar-refractivity contribution >= 4 is 29.3 Å². The summed E-state index contributed by atoms with van der Waals surface area (Å²) >= 11 is 0. The number of nitrogens with two attached hydrogens (primary N) is 1. The van der Waals surface area contributed by atoms with Crippen LogP contribution in [-0.4, -0.2) is 143 Å². The standard InChI is InChI=1S/C46H79N5O9/c1-13-32(6)43(50(10)46(56)36(30(2)3)28-39(53)42(31(4)5)49(8)9)40(57-11)29-41(54)51-22-17-20-37(51)44(58-12)33(7)38(52)27-35(26-34-18-15-14-16-19-34)45(55)48-21-23-59-24-25-60-47/h14-16,18-19,30-33,35-37,40,42-44H,13,17,20-29,47H2,1-12H3,(H,48,55)/t32-,33-,35+,36-,37-,40+,42-,43-,44+/m0/s1. The molecule has 0 aromatic heterocycles. The van der Waals surface area contributed by atoms with Crippen molar-refractivity contribution in [3.8, 4) is 0 Å². The highest BCUT2D eigenvalue weighted by Gasteiger charge is 2.43. The molecule has 0 aliphatic carbocycles. The Balaban J connectivity index is 2.27. The summed E-state index contributed by atoms with van der Waals surface area (Å²) in [6, 6.07) is 8.51. The predicted octanol–water partition coefficient (Wildman–Crippen LogP) is 4.57. The minimum absolute atomic E-state index is 0.00320. The van der Waals surface area contributed by atoms with Gasteiger partial charge in [0.05, 0.1) is 56.6 Å². The van der Waals surface area contributed by atoms with E-state index in [0.717, 1.165) is 18.4 Å². The predicted molar refractivity (Wildman–Crippen MR) is 234 cm³/mol. The van der Waals surface area contributed by atoms with Gasteiger partial charge in [-0.05, 0) is 56.7 Å². The fraction of sp³-hybridized carbons (Fsp3) is 0.761. The molecule has 0 saturated carbocycles. The summed E-state index contributed by atoms with van der Waals surface area (Å²) in [6.07, 6.45) is 1.48. The van der Waals surface area contributed by atoms with Crippen LogP contribution < -0.4 is 11.2 Å². The summed E-state index contributed by atoms with van der Waals surface area (Å²) in [6.45, 7) is 15.5. The molecule has 1 aromatic rings. The molecule has 9 atom stereocenters. The molecular formula is C46H79N5O9. The third-order valence-electron chi connectivity index (χ3n) is 12.4. The Morgan fingerprint density at radius 1 is 0.867 bits per heavy atom. The first kappa shape index (κ1) is 52.9.